The second-order valence-corrected chi connectivity index (χ2v) is 7.96. The molecule has 1 aromatic rings. The van der Waals surface area contributed by atoms with Crippen LogP contribution in [0.5, 0.6) is 0 Å². The number of hydrogen-bond donors (Lipinski definition) is 1. The molecule has 23 heavy (non-hydrogen) atoms. The number of nitrogens with zero attached hydrogens (tertiary/aromatic N) is 2. The molecule has 1 fully saturated rings. The molecule has 1 saturated carbocycles. The molecule has 1 aliphatic rings. The molecule has 1 amide bonds. The van der Waals surface area contributed by atoms with Crippen molar-refractivity contribution in [2.75, 3.05) is 17.5 Å². The number of carbonyl (C=O) groups excluding carboxylic acids is 1. The lowest BCUT2D eigenvalue weighted by atomic mass is 10.0. The normalized spacial score (nSPS) is 14.8. The molecule has 0 radical (unpaired) electrons. The maximum atomic E-state index is 12.8. The van der Waals surface area contributed by atoms with Gasteiger partial charge in [-0.2, -0.15) is 0 Å². The molecule has 0 bridgehead atoms. The molecule has 0 unspecified atom stereocenters. The van der Waals surface area contributed by atoms with E-state index in [2.05, 4.69) is 23.6 Å². The van der Waals surface area contributed by atoms with Crippen LogP contribution in [0, 0.1) is 5.92 Å². The number of pyridine rings is 1. The van der Waals surface area contributed by atoms with Crippen LogP contribution in [-0.4, -0.2) is 43.1 Å². The maximum Gasteiger partial charge on any atom is 0.255 e. The molecule has 0 spiro atoms. The van der Waals surface area contributed by atoms with Gasteiger partial charge in [-0.1, -0.05) is 26.7 Å². The predicted octanol–water partition coefficient (Wildman–Crippen LogP) is 2.49. The fourth-order valence-electron chi connectivity index (χ4n) is 2.60. The van der Waals surface area contributed by atoms with E-state index in [4.69, 9.17) is 0 Å². The highest BCUT2D eigenvalue weighted by atomic mass is 32.2. The van der Waals surface area contributed by atoms with Crippen LogP contribution in [0.2, 0.25) is 0 Å². The lowest BCUT2D eigenvalue weighted by molar-refractivity contribution is 0.0710. The van der Waals surface area contributed by atoms with Gasteiger partial charge in [0.1, 0.15) is 0 Å². The van der Waals surface area contributed by atoms with Gasteiger partial charge in [0.25, 0.3) is 5.91 Å². The number of aromatic nitrogens is 1. The Hall–Kier alpha value is -1.63. The average molecular weight is 339 g/mol. The Bertz CT molecular complexity index is 652. The van der Waals surface area contributed by atoms with Crippen molar-refractivity contribution in [2.45, 2.75) is 45.6 Å². The Balaban J connectivity index is 2.18. The SMILES string of the molecule is CCC(CC)CN(C(=O)c1cncc(NS(C)(=O)=O)c1)C1CC1. The van der Waals surface area contributed by atoms with Crippen LogP contribution in [0.4, 0.5) is 5.69 Å². The van der Waals surface area contributed by atoms with Gasteiger partial charge in [0.2, 0.25) is 10.0 Å². The Labute approximate surface area is 138 Å². The van der Waals surface area contributed by atoms with Crippen molar-refractivity contribution in [1.82, 2.24) is 9.88 Å². The summed E-state index contributed by atoms with van der Waals surface area (Å²) < 4.78 is 25.0. The molecule has 1 N–H and O–H groups in total. The molecular formula is C16H25N3O3S. The minimum atomic E-state index is -3.39. The highest BCUT2D eigenvalue weighted by Crippen LogP contribution is 2.30. The summed E-state index contributed by atoms with van der Waals surface area (Å²) >= 11 is 0. The van der Waals surface area contributed by atoms with Gasteiger partial charge in [0, 0.05) is 18.8 Å². The smallest absolute Gasteiger partial charge is 0.255 e. The second-order valence-electron chi connectivity index (χ2n) is 6.21. The van der Waals surface area contributed by atoms with Crippen LogP contribution >= 0.6 is 0 Å². The third-order valence-corrected chi connectivity index (χ3v) is 4.75. The van der Waals surface area contributed by atoms with Gasteiger partial charge in [0.15, 0.2) is 0 Å². The Kier molecular flexibility index (Phi) is 5.62. The number of carbonyl (C=O) groups is 1. The van der Waals surface area contributed by atoms with E-state index in [0.29, 0.717) is 23.2 Å². The van der Waals surface area contributed by atoms with Crippen LogP contribution in [0.3, 0.4) is 0 Å². The zero-order valence-corrected chi connectivity index (χ0v) is 14.8. The highest BCUT2D eigenvalue weighted by Gasteiger charge is 2.34. The summed E-state index contributed by atoms with van der Waals surface area (Å²) in [6, 6.07) is 1.87. The lowest BCUT2D eigenvalue weighted by Crippen LogP contribution is -2.37. The van der Waals surface area contributed by atoms with E-state index in [-0.39, 0.29) is 5.91 Å². The van der Waals surface area contributed by atoms with Crippen molar-refractivity contribution in [1.29, 1.82) is 0 Å². The molecule has 1 aliphatic carbocycles. The third-order valence-electron chi connectivity index (χ3n) is 4.15. The van der Waals surface area contributed by atoms with Crippen LogP contribution in [0.1, 0.15) is 49.9 Å². The summed E-state index contributed by atoms with van der Waals surface area (Å²) in [6.07, 6.45) is 8.15. The molecule has 0 saturated heterocycles. The van der Waals surface area contributed by atoms with Crippen molar-refractivity contribution in [3.8, 4) is 0 Å². The monoisotopic (exact) mass is 339 g/mol. The van der Waals surface area contributed by atoms with Crippen molar-refractivity contribution in [2.24, 2.45) is 5.92 Å². The molecule has 6 nitrogen and oxygen atoms in total. The van der Waals surface area contributed by atoms with Gasteiger partial charge in [-0.25, -0.2) is 8.42 Å². The van der Waals surface area contributed by atoms with Crippen LogP contribution < -0.4 is 4.72 Å². The van der Waals surface area contributed by atoms with Gasteiger partial charge in [-0.3, -0.25) is 14.5 Å². The first-order chi connectivity index (χ1) is 10.8. The molecule has 1 aromatic heterocycles. The molecule has 0 aliphatic heterocycles. The van der Waals surface area contributed by atoms with Crippen molar-refractivity contribution in [3.63, 3.8) is 0 Å². The molecule has 128 valence electrons. The summed E-state index contributed by atoms with van der Waals surface area (Å²) in [4.78, 5) is 18.7. The van der Waals surface area contributed by atoms with Crippen molar-refractivity contribution >= 4 is 21.6 Å². The van der Waals surface area contributed by atoms with E-state index < -0.39 is 10.0 Å². The average Bonchev–Trinajstić information content (AvgIpc) is 3.31. The summed E-state index contributed by atoms with van der Waals surface area (Å²) in [7, 11) is -3.39. The number of hydrogen-bond acceptors (Lipinski definition) is 4. The number of amides is 1. The molecule has 0 atom stereocenters. The lowest BCUT2D eigenvalue weighted by Gasteiger charge is -2.27. The molecule has 1 heterocycles. The van der Waals surface area contributed by atoms with Crippen LogP contribution in [0.25, 0.3) is 0 Å². The third kappa shape index (κ3) is 5.20. The topological polar surface area (TPSA) is 79.4 Å². The van der Waals surface area contributed by atoms with Gasteiger partial charge >= 0.3 is 0 Å². The standard InChI is InChI=1S/C16H25N3O3S/c1-4-12(5-2)11-19(15-6-7-15)16(20)13-8-14(10-17-9-13)18-23(3,21)22/h8-10,12,15,18H,4-7,11H2,1-3H3. The van der Waals surface area contributed by atoms with Gasteiger partial charge < -0.3 is 4.90 Å². The van der Waals surface area contributed by atoms with Crippen molar-refractivity contribution < 1.29 is 13.2 Å². The largest absolute Gasteiger partial charge is 0.335 e. The zero-order valence-electron chi connectivity index (χ0n) is 13.9. The Morgan fingerprint density at radius 2 is 2.00 bits per heavy atom. The number of rotatable bonds is 8. The van der Waals surface area contributed by atoms with E-state index in [1.54, 1.807) is 6.07 Å². The minimum Gasteiger partial charge on any atom is -0.335 e. The van der Waals surface area contributed by atoms with Gasteiger partial charge in [-0.05, 0) is 24.8 Å². The summed E-state index contributed by atoms with van der Waals surface area (Å²) in [5, 5.41) is 0. The number of sulfonamides is 1. The second kappa shape index (κ2) is 7.29. The summed E-state index contributed by atoms with van der Waals surface area (Å²) in [6.45, 7) is 5.03. The Morgan fingerprint density at radius 1 is 1.35 bits per heavy atom. The van der Waals surface area contributed by atoms with Crippen LogP contribution in [-0.2, 0) is 10.0 Å². The van der Waals surface area contributed by atoms with E-state index in [1.165, 1.54) is 12.4 Å². The first kappa shape index (κ1) is 17.7. The fraction of sp³-hybridized carbons (Fsp3) is 0.625. The van der Waals surface area contributed by atoms with Gasteiger partial charge in [-0.15, -0.1) is 0 Å². The van der Waals surface area contributed by atoms with Gasteiger partial charge in [0.05, 0.1) is 23.7 Å². The molecule has 7 heteroatoms. The van der Waals surface area contributed by atoms with Crippen LogP contribution in [0.15, 0.2) is 18.5 Å². The highest BCUT2D eigenvalue weighted by molar-refractivity contribution is 7.92. The Morgan fingerprint density at radius 3 is 2.52 bits per heavy atom. The number of anilines is 1. The summed E-state index contributed by atoms with van der Waals surface area (Å²) in [5.74, 6) is 0.425. The van der Waals surface area contributed by atoms with E-state index in [1.807, 2.05) is 4.90 Å². The quantitative estimate of drug-likeness (QED) is 0.789. The van der Waals surface area contributed by atoms with Crippen molar-refractivity contribution in [3.05, 3.63) is 24.0 Å². The predicted molar refractivity (Wildman–Crippen MR) is 90.8 cm³/mol. The fourth-order valence-corrected chi connectivity index (χ4v) is 3.14. The maximum absolute atomic E-state index is 12.8. The minimum absolute atomic E-state index is 0.0657. The first-order valence-corrected chi connectivity index (χ1v) is 9.97. The van der Waals surface area contributed by atoms with E-state index >= 15 is 0 Å². The molecular weight excluding hydrogens is 314 g/mol. The van der Waals surface area contributed by atoms with E-state index in [0.717, 1.165) is 38.5 Å². The molecule has 0 aromatic carbocycles. The van der Waals surface area contributed by atoms with E-state index in [9.17, 15) is 13.2 Å². The molecule has 2 rings (SSSR count). The summed E-state index contributed by atoms with van der Waals surface area (Å²) in [5.41, 5.74) is 0.744. The zero-order chi connectivity index (χ0) is 17.0. The number of nitrogens with one attached hydrogen (secondary N) is 1. The first-order valence-electron chi connectivity index (χ1n) is 8.07.